The van der Waals surface area contributed by atoms with Gasteiger partial charge in [-0.15, -0.1) is 10.2 Å². The lowest BCUT2D eigenvalue weighted by Gasteiger charge is -2.16. The zero-order valence-electron chi connectivity index (χ0n) is 11.5. The summed E-state index contributed by atoms with van der Waals surface area (Å²) < 4.78 is 2.20. The van der Waals surface area contributed by atoms with E-state index < -0.39 is 5.97 Å². The smallest absolute Gasteiger partial charge is 0.313 e. The van der Waals surface area contributed by atoms with Crippen LogP contribution in [0.4, 0.5) is 0 Å². The normalized spacial score (nSPS) is 22.8. The summed E-state index contributed by atoms with van der Waals surface area (Å²) >= 11 is 1.28. The summed E-state index contributed by atoms with van der Waals surface area (Å²) in [5, 5.41) is 18.0. The van der Waals surface area contributed by atoms with Crippen molar-refractivity contribution in [3.63, 3.8) is 0 Å². The van der Waals surface area contributed by atoms with E-state index in [1.54, 1.807) is 0 Å². The second kappa shape index (κ2) is 6.41. The number of hydrogen-bond donors (Lipinski definition) is 1. The molecule has 2 unspecified atom stereocenters. The molecular formula is C13H21N3O2S. The molecule has 0 aliphatic heterocycles. The summed E-state index contributed by atoms with van der Waals surface area (Å²) in [6, 6.07) is 0.447. The number of aromatic nitrogens is 3. The average molecular weight is 283 g/mol. The predicted octanol–water partition coefficient (Wildman–Crippen LogP) is 2.77. The van der Waals surface area contributed by atoms with Gasteiger partial charge in [0.1, 0.15) is 5.82 Å². The number of carboxylic acids is 1. The fraction of sp³-hybridized carbons (Fsp3) is 0.769. The van der Waals surface area contributed by atoms with Crippen molar-refractivity contribution < 1.29 is 9.90 Å². The molecule has 0 aromatic carbocycles. The van der Waals surface area contributed by atoms with Gasteiger partial charge in [-0.1, -0.05) is 25.6 Å². The van der Waals surface area contributed by atoms with Crippen LogP contribution in [0.15, 0.2) is 5.16 Å². The Kier molecular flexibility index (Phi) is 4.85. The Labute approximate surface area is 117 Å². The highest BCUT2D eigenvalue weighted by molar-refractivity contribution is 7.99. The second-order valence-electron chi connectivity index (χ2n) is 5.27. The quantitative estimate of drug-likeness (QED) is 0.813. The molecule has 5 nitrogen and oxygen atoms in total. The van der Waals surface area contributed by atoms with Gasteiger partial charge < -0.3 is 9.67 Å². The highest BCUT2D eigenvalue weighted by Gasteiger charge is 2.27. The third-order valence-electron chi connectivity index (χ3n) is 3.57. The Hall–Kier alpha value is -1.04. The molecule has 1 aromatic rings. The highest BCUT2D eigenvalue weighted by Crippen LogP contribution is 2.37. The van der Waals surface area contributed by atoms with Crippen LogP contribution in [0.1, 0.15) is 51.4 Å². The molecule has 1 N–H and O–H groups in total. The molecule has 2 rings (SSSR count). The monoisotopic (exact) mass is 283 g/mol. The maximum absolute atomic E-state index is 10.7. The maximum Gasteiger partial charge on any atom is 0.313 e. The van der Waals surface area contributed by atoms with Crippen LogP contribution in [0, 0.1) is 5.92 Å². The van der Waals surface area contributed by atoms with Gasteiger partial charge in [0.05, 0.1) is 5.75 Å². The molecule has 2 atom stereocenters. The molecular weight excluding hydrogens is 262 g/mol. The van der Waals surface area contributed by atoms with Gasteiger partial charge in [-0.25, -0.2) is 0 Å². The summed E-state index contributed by atoms with van der Waals surface area (Å²) in [6.45, 7) is 4.40. The van der Waals surface area contributed by atoms with Gasteiger partial charge in [0.2, 0.25) is 0 Å². The first-order chi connectivity index (χ1) is 9.11. The highest BCUT2D eigenvalue weighted by atomic mass is 32.2. The second-order valence-corrected chi connectivity index (χ2v) is 6.22. The minimum atomic E-state index is -0.809. The number of carbonyl (C=O) groups is 1. The Morgan fingerprint density at radius 1 is 1.47 bits per heavy atom. The molecule has 0 spiro atoms. The van der Waals surface area contributed by atoms with E-state index in [1.165, 1.54) is 18.2 Å². The van der Waals surface area contributed by atoms with E-state index in [0.29, 0.717) is 6.04 Å². The average Bonchev–Trinajstić information content (AvgIpc) is 2.93. The molecule has 0 radical (unpaired) electrons. The van der Waals surface area contributed by atoms with Crippen LogP contribution in [-0.4, -0.2) is 31.6 Å². The number of rotatable bonds is 6. The Balaban J connectivity index is 2.20. The van der Waals surface area contributed by atoms with E-state index in [9.17, 15) is 4.79 Å². The Bertz CT molecular complexity index is 447. The summed E-state index contributed by atoms with van der Waals surface area (Å²) in [6.07, 6.45) is 5.47. The minimum absolute atomic E-state index is 0.0481. The third kappa shape index (κ3) is 3.49. The van der Waals surface area contributed by atoms with Crippen LogP contribution >= 0.6 is 11.8 Å². The van der Waals surface area contributed by atoms with Gasteiger partial charge in [0, 0.05) is 12.5 Å². The van der Waals surface area contributed by atoms with Crippen molar-refractivity contribution in [1.29, 1.82) is 0 Å². The van der Waals surface area contributed by atoms with Gasteiger partial charge in [-0.3, -0.25) is 4.79 Å². The molecule has 1 saturated carbocycles. The van der Waals surface area contributed by atoms with Gasteiger partial charge >= 0.3 is 5.97 Å². The van der Waals surface area contributed by atoms with Gasteiger partial charge in [-0.05, 0) is 31.6 Å². The molecule has 0 amide bonds. The van der Waals surface area contributed by atoms with E-state index in [0.717, 1.165) is 42.6 Å². The van der Waals surface area contributed by atoms with Crippen molar-refractivity contribution in [2.45, 2.75) is 57.1 Å². The molecule has 19 heavy (non-hydrogen) atoms. The first-order valence-corrected chi connectivity index (χ1v) is 7.88. The van der Waals surface area contributed by atoms with Crippen molar-refractivity contribution >= 4 is 17.7 Å². The SMILES string of the molecule is CCCc1nnc(SCC(=O)O)n1C1CCC(C)C1. The lowest BCUT2D eigenvalue weighted by atomic mass is 10.1. The number of carboxylic acid groups (broad SMARTS) is 1. The standard InChI is InChI=1S/C13H21N3O2S/c1-3-4-11-14-15-13(19-8-12(17)18)16(11)10-6-5-9(2)7-10/h9-10H,3-8H2,1-2H3,(H,17,18). The van der Waals surface area contributed by atoms with Crippen molar-refractivity contribution in [3.8, 4) is 0 Å². The molecule has 0 bridgehead atoms. The summed E-state index contributed by atoms with van der Waals surface area (Å²) in [4.78, 5) is 10.7. The Morgan fingerprint density at radius 2 is 2.26 bits per heavy atom. The lowest BCUT2D eigenvalue weighted by Crippen LogP contribution is -2.12. The van der Waals surface area contributed by atoms with Crippen molar-refractivity contribution in [3.05, 3.63) is 5.82 Å². The van der Waals surface area contributed by atoms with Crippen LogP contribution in [-0.2, 0) is 11.2 Å². The van der Waals surface area contributed by atoms with Gasteiger partial charge in [0.15, 0.2) is 5.16 Å². The molecule has 1 aliphatic carbocycles. The molecule has 1 fully saturated rings. The van der Waals surface area contributed by atoms with E-state index in [2.05, 4.69) is 28.6 Å². The van der Waals surface area contributed by atoms with Crippen LogP contribution in [0.5, 0.6) is 0 Å². The summed E-state index contributed by atoms with van der Waals surface area (Å²) in [5.74, 6) is 0.983. The van der Waals surface area contributed by atoms with Crippen LogP contribution in [0.3, 0.4) is 0 Å². The van der Waals surface area contributed by atoms with Crippen LogP contribution < -0.4 is 0 Å². The van der Waals surface area contributed by atoms with E-state index in [4.69, 9.17) is 5.11 Å². The molecule has 1 heterocycles. The maximum atomic E-state index is 10.7. The summed E-state index contributed by atoms with van der Waals surface area (Å²) in [5.41, 5.74) is 0. The molecule has 1 aromatic heterocycles. The zero-order chi connectivity index (χ0) is 13.8. The molecule has 1 aliphatic rings. The number of nitrogens with zero attached hydrogens (tertiary/aromatic N) is 3. The molecule has 106 valence electrons. The van der Waals surface area contributed by atoms with E-state index >= 15 is 0 Å². The zero-order valence-corrected chi connectivity index (χ0v) is 12.3. The largest absolute Gasteiger partial charge is 0.481 e. The third-order valence-corrected chi connectivity index (χ3v) is 4.49. The number of aryl methyl sites for hydroxylation is 1. The van der Waals surface area contributed by atoms with Crippen molar-refractivity contribution in [2.75, 3.05) is 5.75 Å². The van der Waals surface area contributed by atoms with E-state index in [1.807, 2.05) is 0 Å². The van der Waals surface area contributed by atoms with Crippen molar-refractivity contribution in [1.82, 2.24) is 14.8 Å². The predicted molar refractivity (Wildman–Crippen MR) is 74.4 cm³/mol. The van der Waals surface area contributed by atoms with Crippen LogP contribution in [0.25, 0.3) is 0 Å². The molecule has 6 heteroatoms. The van der Waals surface area contributed by atoms with Crippen molar-refractivity contribution in [2.24, 2.45) is 5.92 Å². The number of aliphatic carboxylic acids is 1. The molecule has 0 saturated heterocycles. The van der Waals surface area contributed by atoms with Gasteiger partial charge in [-0.2, -0.15) is 0 Å². The minimum Gasteiger partial charge on any atom is -0.481 e. The van der Waals surface area contributed by atoms with Gasteiger partial charge in [0.25, 0.3) is 0 Å². The number of thioether (sulfide) groups is 1. The van der Waals surface area contributed by atoms with E-state index in [-0.39, 0.29) is 5.75 Å². The fourth-order valence-corrected chi connectivity index (χ4v) is 3.45. The summed E-state index contributed by atoms with van der Waals surface area (Å²) in [7, 11) is 0. The first kappa shape index (κ1) is 14.4. The Morgan fingerprint density at radius 3 is 2.84 bits per heavy atom. The first-order valence-electron chi connectivity index (χ1n) is 6.90. The fourth-order valence-electron chi connectivity index (χ4n) is 2.70. The lowest BCUT2D eigenvalue weighted by molar-refractivity contribution is -0.133. The number of hydrogen-bond acceptors (Lipinski definition) is 4. The topological polar surface area (TPSA) is 68.0 Å². The van der Waals surface area contributed by atoms with Crippen LogP contribution in [0.2, 0.25) is 0 Å².